The number of carbonyl (C=O) groups is 1. The fraction of sp³-hybridized carbons (Fsp3) is 0.500. The number of halogens is 1. The van der Waals surface area contributed by atoms with Crippen molar-refractivity contribution in [2.24, 2.45) is 0 Å². The van der Waals surface area contributed by atoms with E-state index in [9.17, 15) is 4.79 Å². The number of aromatic nitrogens is 1. The smallest absolute Gasteiger partial charge is 0.239 e. The Labute approximate surface area is 90.7 Å². The molecule has 2 rings (SSSR count). The van der Waals surface area contributed by atoms with Crippen LogP contribution >= 0.6 is 22.9 Å². The van der Waals surface area contributed by atoms with E-state index < -0.39 is 0 Å². The van der Waals surface area contributed by atoms with Crippen LogP contribution in [0.2, 0.25) is 5.15 Å². The van der Waals surface area contributed by atoms with Gasteiger partial charge >= 0.3 is 0 Å². The molecular weight excluding hydrogens is 222 g/mol. The van der Waals surface area contributed by atoms with Crippen molar-refractivity contribution in [3.8, 4) is 0 Å². The molecule has 1 aromatic heterocycles. The molecule has 14 heavy (non-hydrogen) atoms. The summed E-state index contributed by atoms with van der Waals surface area (Å²) in [5.74, 6) is 0.0128. The zero-order chi connectivity index (χ0) is 9.97. The summed E-state index contributed by atoms with van der Waals surface area (Å²) in [6.07, 6.45) is 2.21. The van der Waals surface area contributed by atoms with Crippen molar-refractivity contribution in [1.82, 2.24) is 10.3 Å². The van der Waals surface area contributed by atoms with Crippen LogP contribution in [0.25, 0.3) is 0 Å². The van der Waals surface area contributed by atoms with Crippen molar-refractivity contribution in [2.75, 3.05) is 11.9 Å². The number of thiazole rings is 1. The highest BCUT2D eigenvalue weighted by atomic mass is 35.5. The van der Waals surface area contributed by atoms with Gasteiger partial charge in [0.1, 0.15) is 5.15 Å². The third-order valence-electron chi connectivity index (χ3n) is 1.82. The van der Waals surface area contributed by atoms with Gasteiger partial charge in [-0.1, -0.05) is 11.6 Å². The van der Waals surface area contributed by atoms with E-state index in [1.807, 2.05) is 0 Å². The summed E-state index contributed by atoms with van der Waals surface area (Å²) < 4.78 is 0. The SMILES string of the molecule is O=C(CNc1nc(Cl)cs1)NC1CC1. The van der Waals surface area contributed by atoms with Gasteiger partial charge in [0.05, 0.1) is 6.54 Å². The Hall–Kier alpha value is -0.810. The van der Waals surface area contributed by atoms with Crippen LogP contribution in [0.4, 0.5) is 5.13 Å². The number of carbonyl (C=O) groups excluding carboxylic acids is 1. The lowest BCUT2D eigenvalue weighted by atomic mass is 10.5. The number of nitrogens with zero attached hydrogens (tertiary/aromatic N) is 1. The molecule has 1 aliphatic carbocycles. The van der Waals surface area contributed by atoms with Crippen LogP contribution < -0.4 is 10.6 Å². The van der Waals surface area contributed by atoms with Gasteiger partial charge in [0.2, 0.25) is 5.91 Å². The van der Waals surface area contributed by atoms with Crippen molar-refractivity contribution in [3.63, 3.8) is 0 Å². The van der Waals surface area contributed by atoms with Gasteiger partial charge in [-0.15, -0.1) is 11.3 Å². The first-order valence-corrected chi connectivity index (χ1v) is 5.64. The van der Waals surface area contributed by atoms with E-state index in [1.165, 1.54) is 11.3 Å². The first-order valence-electron chi connectivity index (χ1n) is 4.38. The second-order valence-corrected chi connectivity index (χ2v) is 4.42. The average Bonchev–Trinajstić information content (AvgIpc) is 2.85. The average molecular weight is 232 g/mol. The number of hydrogen-bond acceptors (Lipinski definition) is 4. The summed E-state index contributed by atoms with van der Waals surface area (Å²) in [6, 6.07) is 0.407. The maximum Gasteiger partial charge on any atom is 0.239 e. The molecule has 0 aromatic carbocycles. The lowest BCUT2D eigenvalue weighted by Crippen LogP contribution is -2.31. The van der Waals surface area contributed by atoms with Gasteiger partial charge in [0.25, 0.3) is 0 Å². The zero-order valence-corrected chi connectivity index (χ0v) is 8.99. The summed E-state index contributed by atoms with van der Waals surface area (Å²) in [6.45, 7) is 0.264. The Bertz CT molecular complexity index is 337. The van der Waals surface area contributed by atoms with E-state index in [4.69, 9.17) is 11.6 Å². The highest BCUT2D eigenvalue weighted by molar-refractivity contribution is 7.14. The molecule has 6 heteroatoms. The topological polar surface area (TPSA) is 54.0 Å². The quantitative estimate of drug-likeness (QED) is 0.826. The normalized spacial score (nSPS) is 15.2. The fourth-order valence-electron chi connectivity index (χ4n) is 0.998. The molecule has 1 amide bonds. The predicted molar refractivity (Wildman–Crippen MR) is 56.8 cm³/mol. The molecule has 2 N–H and O–H groups in total. The molecular formula is C8H10ClN3OS. The fourth-order valence-corrected chi connectivity index (χ4v) is 1.83. The van der Waals surface area contributed by atoms with Crippen molar-refractivity contribution in [3.05, 3.63) is 10.5 Å². The van der Waals surface area contributed by atoms with Crippen LogP contribution in [0.15, 0.2) is 5.38 Å². The van der Waals surface area contributed by atoms with Crippen LogP contribution in [0, 0.1) is 0 Å². The largest absolute Gasteiger partial charge is 0.352 e. The molecule has 0 radical (unpaired) electrons. The molecule has 1 heterocycles. The Morgan fingerprint density at radius 2 is 2.50 bits per heavy atom. The number of nitrogens with one attached hydrogen (secondary N) is 2. The van der Waals surface area contributed by atoms with Crippen molar-refractivity contribution < 1.29 is 4.79 Å². The number of hydrogen-bond donors (Lipinski definition) is 2. The predicted octanol–water partition coefficient (Wildman–Crippen LogP) is 1.49. The zero-order valence-electron chi connectivity index (χ0n) is 7.42. The van der Waals surface area contributed by atoms with Crippen molar-refractivity contribution in [1.29, 1.82) is 0 Å². The Balaban J connectivity index is 1.73. The summed E-state index contributed by atoms with van der Waals surface area (Å²) >= 11 is 7.02. The molecule has 4 nitrogen and oxygen atoms in total. The summed E-state index contributed by atoms with van der Waals surface area (Å²) in [5, 5.41) is 8.65. The van der Waals surface area contributed by atoms with Gasteiger partial charge in [0, 0.05) is 11.4 Å². The van der Waals surface area contributed by atoms with E-state index >= 15 is 0 Å². The van der Waals surface area contributed by atoms with E-state index in [2.05, 4.69) is 15.6 Å². The standard InChI is InChI=1S/C8H10ClN3OS/c9-6-4-14-8(12-6)10-3-7(13)11-5-1-2-5/h4-5H,1-3H2,(H,10,12)(H,11,13). The summed E-state index contributed by atoms with van der Waals surface area (Å²) in [7, 11) is 0. The highest BCUT2D eigenvalue weighted by Gasteiger charge is 2.22. The molecule has 0 spiro atoms. The first kappa shape index (κ1) is 9.73. The van der Waals surface area contributed by atoms with E-state index in [1.54, 1.807) is 5.38 Å². The van der Waals surface area contributed by atoms with Gasteiger partial charge in [-0.05, 0) is 12.8 Å². The number of rotatable bonds is 4. The van der Waals surface area contributed by atoms with Gasteiger partial charge in [-0.2, -0.15) is 0 Å². The van der Waals surface area contributed by atoms with E-state index in [-0.39, 0.29) is 12.5 Å². The lowest BCUT2D eigenvalue weighted by Gasteiger charge is -2.03. The Morgan fingerprint density at radius 3 is 3.07 bits per heavy atom. The molecule has 0 saturated heterocycles. The molecule has 0 bridgehead atoms. The van der Waals surface area contributed by atoms with Crippen LogP contribution in [0.5, 0.6) is 0 Å². The minimum Gasteiger partial charge on any atom is -0.352 e. The minimum absolute atomic E-state index is 0.0128. The Kier molecular flexibility index (Phi) is 2.88. The van der Waals surface area contributed by atoms with Crippen LogP contribution in [0.3, 0.4) is 0 Å². The monoisotopic (exact) mass is 231 g/mol. The van der Waals surface area contributed by atoms with E-state index in [0.29, 0.717) is 16.3 Å². The van der Waals surface area contributed by atoms with Crippen molar-refractivity contribution in [2.45, 2.75) is 18.9 Å². The minimum atomic E-state index is 0.0128. The molecule has 0 aliphatic heterocycles. The second-order valence-electron chi connectivity index (χ2n) is 3.17. The summed E-state index contributed by atoms with van der Waals surface area (Å²) in [5.41, 5.74) is 0. The lowest BCUT2D eigenvalue weighted by molar-refractivity contribution is -0.119. The maximum atomic E-state index is 11.2. The van der Waals surface area contributed by atoms with Crippen LogP contribution in [0.1, 0.15) is 12.8 Å². The number of anilines is 1. The van der Waals surface area contributed by atoms with Gasteiger partial charge in [-0.3, -0.25) is 4.79 Å². The van der Waals surface area contributed by atoms with Gasteiger partial charge in [0.15, 0.2) is 5.13 Å². The van der Waals surface area contributed by atoms with Crippen LogP contribution in [-0.2, 0) is 4.79 Å². The summed E-state index contributed by atoms with van der Waals surface area (Å²) in [4.78, 5) is 15.2. The molecule has 1 aromatic rings. The maximum absolute atomic E-state index is 11.2. The molecule has 1 saturated carbocycles. The van der Waals surface area contributed by atoms with Crippen molar-refractivity contribution >= 4 is 34.0 Å². The molecule has 76 valence electrons. The third kappa shape index (κ3) is 2.85. The third-order valence-corrected chi connectivity index (χ3v) is 2.94. The molecule has 1 aliphatic rings. The first-order chi connectivity index (χ1) is 6.74. The van der Waals surface area contributed by atoms with E-state index in [0.717, 1.165) is 12.8 Å². The van der Waals surface area contributed by atoms with Gasteiger partial charge < -0.3 is 10.6 Å². The second kappa shape index (κ2) is 4.14. The number of amides is 1. The molecule has 0 unspecified atom stereocenters. The van der Waals surface area contributed by atoms with Gasteiger partial charge in [-0.25, -0.2) is 4.98 Å². The van der Waals surface area contributed by atoms with Crippen LogP contribution in [-0.4, -0.2) is 23.5 Å². The highest BCUT2D eigenvalue weighted by Crippen LogP contribution is 2.19. The molecule has 0 atom stereocenters. The molecule has 1 fully saturated rings. The Morgan fingerprint density at radius 1 is 1.71 bits per heavy atom.